The Kier molecular flexibility index (Phi) is 6.95. The maximum Gasteiger partial charge on any atom is 0.0933 e. The summed E-state index contributed by atoms with van der Waals surface area (Å²) < 4.78 is 10.8. The Hall–Kier alpha value is -0.160. The molecule has 1 rings (SSSR count). The van der Waals surface area contributed by atoms with E-state index in [9.17, 15) is 0 Å². The van der Waals surface area contributed by atoms with Crippen LogP contribution in [0.5, 0.6) is 0 Å². The third kappa shape index (κ3) is 5.54. The molecular weight excluding hydrogens is 180 g/mol. The average molecular weight is 202 g/mol. The highest BCUT2D eigenvalue weighted by Crippen LogP contribution is 1.98. The van der Waals surface area contributed by atoms with E-state index >= 15 is 0 Å². The van der Waals surface area contributed by atoms with E-state index in [-0.39, 0.29) is 6.10 Å². The summed E-state index contributed by atoms with van der Waals surface area (Å²) in [6.07, 6.45) is 1.44. The highest BCUT2D eigenvalue weighted by Gasteiger charge is 2.12. The number of hydrogen-bond acceptors (Lipinski definition) is 4. The highest BCUT2D eigenvalue weighted by atomic mass is 16.6. The van der Waals surface area contributed by atoms with E-state index in [1.807, 2.05) is 0 Å². The van der Waals surface area contributed by atoms with Gasteiger partial charge in [-0.3, -0.25) is 0 Å². The second-order valence-corrected chi connectivity index (χ2v) is 3.52. The molecule has 0 saturated carbocycles. The summed E-state index contributed by atoms with van der Waals surface area (Å²) in [5.74, 6) is 0. The Bertz CT molecular complexity index is 127. The van der Waals surface area contributed by atoms with Crippen molar-refractivity contribution in [3.63, 3.8) is 0 Å². The van der Waals surface area contributed by atoms with Crippen LogP contribution in [0, 0.1) is 0 Å². The van der Waals surface area contributed by atoms with E-state index < -0.39 is 0 Å². The van der Waals surface area contributed by atoms with Gasteiger partial charge in [0.1, 0.15) is 0 Å². The summed E-state index contributed by atoms with van der Waals surface area (Å²) >= 11 is 0. The summed E-state index contributed by atoms with van der Waals surface area (Å²) in [5, 5.41) is 6.68. The second kappa shape index (κ2) is 8.17. The molecule has 0 bridgehead atoms. The van der Waals surface area contributed by atoms with Crippen LogP contribution in [0.2, 0.25) is 0 Å². The maximum atomic E-state index is 5.50. The van der Waals surface area contributed by atoms with Crippen LogP contribution in [0.1, 0.15) is 13.3 Å². The van der Waals surface area contributed by atoms with Gasteiger partial charge in [-0.05, 0) is 13.0 Å². The molecule has 0 aromatic heterocycles. The lowest BCUT2D eigenvalue weighted by Gasteiger charge is -2.23. The van der Waals surface area contributed by atoms with E-state index in [1.54, 1.807) is 0 Å². The first-order valence-corrected chi connectivity index (χ1v) is 5.54. The molecule has 1 unspecified atom stereocenters. The minimum atomic E-state index is 0.245. The molecule has 1 aliphatic heterocycles. The third-order valence-corrected chi connectivity index (χ3v) is 2.16. The van der Waals surface area contributed by atoms with Crippen molar-refractivity contribution in [2.75, 3.05) is 46.0 Å². The zero-order valence-electron chi connectivity index (χ0n) is 9.05. The van der Waals surface area contributed by atoms with Crippen LogP contribution >= 0.6 is 0 Å². The molecule has 1 saturated heterocycles. The Morgan fingerprint density at radius 3 is 2.71 bits per heavy atom. The minimum Gasteiger partial charge on any atom is -0.376 e. The van der Waals surface area contributed by atoms with Gasteiger partial charge in [0.05, 0.1) is 25.9 Å². The van der Waals surface area contributed by atoms with Gasteiger partial charge in [-0.25, -0.2) is 0 Å². The lowest BCUT2D eigenvalue weighted by molar-refractivity contribution is -0.0862. The molecule has 1 atom stereocenters. The van der Waals surface area contributed by atoms with Crippen molar-refractivity contribution in [2.24, 2.45) is 0 Å². The molecule has 0 spiro atoms. The minimum absolute atomic E-state index is 0.245. The molecule has 4 nitrogen and oxygen atoms in total. The van der Waals surface area contributed by atoms with Gasteiger partial charge in [0.2, 0.25) is 0 Å². The Morgan fingerprint density at radius 1 is 1.14 bits per heavy atom. The normalized spacial score (nSPS) is 22.5. The van der Waals surface area contributed by atoms with Gasteiger partial charge in [0.25, 0.3) is 0 Å². The molecular formula is C10H22N2O2. The van der Waals surface area contributed by atoms with Crippen LogP contribution in [0.15, 0.2) is 0 Å². The fraction of sp³-hybridized carbons (Fsp3) is 1.00. The first-order valence-electron chi connectivity index (χ1n) is 5.54. The largest absolute Gasteiger partial charge is 0.376 e. The first kappa shape index (κ1) is 11.9. The predicted octanol–water partition coefficient (Wildman–Crippen LogP) is -0.00900. The SMILES string of the molecule is CCCNCCNCC1COCCO1. The van der Waals surface area contributed by atoms with Crippen LogP contribution in [0.3, 0.4) is 0 Å². The highest BCUT2D eigenvalue weighted by molar-refractivity contribution is 4.64. The van der Waals surface area contributed by atoms with Gasteiger partial charge >= 0.3 is 0 Å². The molecule has 1 heterocycles. The zero-order chi connectivity index (χ0) is 10.1. The second-order valence-electron chi connectivity index (χ2n) is 3.52. The smallest absolute Gasteiger partial charge is 0.0933 e. The summed E-state index contributed by atoms with van der Waals surface area (Å²) in [6.45, 7) is 8.41. The monoisotopic (exact) mass is 202 g/mol. The number of ether oxygens (including phenoxy) is 2. The Balaban J connectivity index is 1.82. The van der Waals surface area contributed by atoms with E-state index in [2.05, 4.69) is 17.6 Å². The van der Waals surface area contributed by atoms with Crippen LogP contribution in [-0.4, -0.2) is 52.1 Å². The fourth-order valence-electron chi connectivity index (χ4n) is 1.40. The van der Waals surface area contributed by atoms with Gasteiger partial charge in [-0.15, -0.1) is 0 Å². The van der Waals surface area contributed by atoms with Crippen molar-refractivity contribution in [3.8, 4) is 0 Å². The van der Waals surface area contributed by atoms with Crippen LogP contribution in [0.25, 0.3) is 0 Å². The van der Waals surface area contributed by atoms with Crippen LogP contribution in [-0.2, 0) is 9.47 Å². The lowest BCUT2D eigenvalue weighted by atomic mass is 10.3. The van der Waals surface area contributed by atoms with E-state index in [0.29, 0.717) is 0 Å². The van der Waals surface area contributed by atoms with Gasteiger partial charge in [0.15, 0.2) is 0 Å². The maximum absolute atomic E-state index is 5.50. The topological polar surface area (TPSA) is 42.5 Å². The Labute approximate surface area is 86.3 Å². The van der Waals surface area contributed by atoms with Gasteiger partial charge in [-0.1, -0.05) is 6.92 Å². The van der Waals surface area contributed by atoms with Crippen molar-refractivity contribution in [2.45, 2.75) is 19.4 Å². The van der Waals surface area contributed by atoms with Crippen molar-refractivity contribution in [1.82, 2.24) is 10.6 Å². The molecule has 0 aromatic rings. The van der Waals surface area contributed by atoms with Crippen LogP contribution in [0.4, 0.5) is 0 Å². The van der Waals surface area contributed by atoms with E-state index in [1.165, 1.54) is 6.42 Å². The van der Waals surface area contributed by atoms with Crippen molar-refractivity contribution >= 4 is 0 Å². The van der Waals surface area contributed by atoms with Gasteiger partial charge in [0, 0.05) is 19.6 Å². The van der Waals surface area contributed by atoms with Crippen molar-refractivity contribution < 1.29 is 9.47 Å². The zero-order valence-corrected chi connectivity index (χ0v) is 9.05. The molecule has 0 aromatic carbocycles. The first-order chi connectivity index (χ1) is 6.93. The fourth-order valence-corrected chi connectivity index (χ4v) is 1.40. The molecule has 0 aliphatic carbocycles. The summed E-state index contributed by atoms with van der Waals surface area (Å²) in [7, 11) is 0. The molecule has 2 N–H and O–H groups in total. The summed E-state index contributed by atoms with van der Waals surface area (Å²) in [6, 6.07) is 0. The third-order valence-electron chi connectivity index (χ3n) is 2.16. The predicted molar refractivity (Wildman–Crippen MR) is 56.6 cm³/mol. The molecule has 1 aliphatic rings. The summed E-state index contributed by atoms with van der Waals surface area (Å²) in [4.78, 5) is 0. The number of hydrogen-bond donors (Lipinski definition) is 2. The standard InChI is InChI=1S/C10H22N2O2/c1-2-3-11-4-5-12-8-10-9-13-6-7-14-10/h10-12H,2-9H2,1H3. The Morgan fingerprint density at radius 2 is 2.00 bits per heavy atom. The lowest BCUT2D eigenvalue weighted by Crippen LogP contribution is -2.39. The number of nitrogens with one attached hydrogen (secondary N) is 2. The molecule has 14 heavy (non-hydrogen) atoms. The van der Waals surface area contributed by atoms with E-state index in [4.69, 9.17) is 9.47 Å². The number of rotatable bonds is 7. The van der Waals surface area contributed by atoms with Crippen molar-refractivity contribution in [1.29, 1.82) is 0 Å². The summed E-state index contributed by atoms with van der Waals surface area (Å²) in [5.41, 5.74) is 0. The van der Waals surface area contributed by atoms with Gasteiger partial charge in [-0.2, -0.15) is 0 Å². The van der Waals surface area contributed by atoms with Crippen LogP contribution < -0.4 is 10.6 Å². The van der Waals surface area contributed by atoms with Gasteiger partial charge < -0.3 is 20.1 Å². The molecule has 84 valence electrons. The molecule has 0 radical (unpaired) electrons. The quantitative estimate of drug-likeness (QED) is 0.570. The van der Waals surface area contributed by atoms with Crippen molar-refractivity contribution in [3.05, 3.63) is 0 Å². The molecule has 1 fully saturated rings. The molecule has 0 amide bonds. The van der Waals surface area contributed by atoms with E-state index in [0.717, 1.165) is 46.0 Å². The molecule has 4 heteroatoms. The average Bonchev–Trinajstić information content (AvgIpc) is 2.25.